The van der Waals surface area contributed by atoms with Crippen LogP contribution in [0.2, 0.25) is 0 Å². The quantitative estimate of drug-likeness (QED) is 0.398. The molecule has 150 valence electrons. The molecule has 2 aromatic rings. The van der Waals surface area contributed by atoms with E-state index in [1.807, 2.05) is 31.2 Å². The number of carbonyl (C=O) groups is 1. The fourth-order valence-electron chi connectivity index (χ4n) is 2.63. The number of nitrogens with zero attached hydrogens (tertiary/aromatic N) is 1. The number of ether oxygens (including phenoxy) is 4. The zero-order chi connectivity index (χ0) is 20.7. The van der Waals surface area contributed by atoms with Crippen LogP contribution < -0.4 is 24.3 Å². The fraction of sp³-hybridized carbons (Fsp3) is 0.316. The van der Waals surface area contributed by atoms with Gasteiger partial charge in [-0.2, -0.15) is 0 Å². The van der Waals surface area contributed by atoms with Gasteiger partial charge in [-0.1, -0.05) is 18.2 Å². The van der Waals surface area contributed by atoms with E-state index in [2.05, 4.69) is 5.32 Å². The third-order valence-electron chi connectivity index (χ3n) is 3.97. The Hall–Kier alpha value is -3.49. The molecule has 28 heavy (non-hydrogen) atoms. The second-order valence-electron chi connectivity index (χ2n) is 5.67. The van der Waals surface area contributed by atoms with Crippen LogP contribution in [0.15, 0.2) is 30.3 Å². The predicted octanol–water partition coefficient (Wildman–Crippen LogP) is 2.74. The molecule has 2 rings (SSSR count). The van der Waals surface area contributed by atoms with E-state index < -0.39 is 16.5 Å². The van der Waals surface area contributed by atoms with Gasteiger partial charge in [-0.15, -0.1) is 0 Å². The molecule has 0 fully saturated rings. The highest BCUT2D eigenvalue weighted by molar-refractivity contribution is 6.00. The molecule has 0 saturated heterocycles. The third kappa shape index (κ3) is 4.43. The van der Waals surface area contributed by atoms with Gasteiger partial charge in [0.2, 0.25) is 11.5 Å². The summed E-state index contributed by atoms with van der Waals surface area (Å²) in [7, 11) is 3.94. The number of amides is 1. The molecule has 0 aliphatic rings. The number of benzene rings is 2. The van der Waals surface area contributed by atoms with Crippen molar-refractivity contribution in [1.29, 1.82) is 0 Å². The average molecular weight is 390 g/mol. The molecule has 0 spiro atoms. The van der Waals surface area contributed by atoms with E-state index >= 15 is 0 Å². The molecule has 0 aromatic heterocycles. The summed E-state index contributed by atoms with van der Waals surface area (Å²) in [5.41, 5.74) is 0.266. The van der Waals surface area contributed by atoms with Gasteiger partial charge in [0.1, 0.15) is 17.9 Å². The molecule has 9 heteroatoms. The van der Waals surface area contributed by atoms with Crippen molar-refractivity contribution in [2.45, 2.75) is 6.92 Å². The number of nitro groups is 1. The molecule has 0 saturated carbocycles. The van der Waals surface area contributed by atoms with Gasteiger partial charge in [0.25, 0.3) is 5.91 Å². The summed E-state index contributed by atoms with van der Waals surface area (Å²) in [6.45, 7) is 2.27. The highest BCUT2D eigenvalue weighted by atomic mass is 16.6. The average Bonchev–Trinajstić information content (AvgIpc) is 2.70. The molecule has 1 amide bonds. The molecule has 0 unspecified atom stereocenters. The zero-order valence-electron chi connectivity index (χ0n) is 16.1. The first-order chi connectivity index (χ1) is 13.4. The SMILES string of the molecule is COc1cc(C(=O)NCCOc2ccccc2C)c([N+](=O)[O-])c(OC)c1OC. The molecular formula is C19H22N2O7. The minimum absolute atomic E-state index is 0.0381. The van der Waals surface area contributed by atoms with Gasteiger partial charge in [-0.05, 0) is 18.6 Å². The summed E-state index contributed by atoms with van der Waals surface area (Å²) in [4.78, 5) is 23.4. The molecule has 0 bridgehead atoms. The van der Waals surface area contributed by atoms with Crippen LogP contribution in [0.1, 0.15) is 15.9 Å². The van der Waals surface area contributed by atoms with Crippen LogP contribution in [0.4, 0.5) is 5.69 Å². The molecule has 0 aliphatic heterocycles. The number of hydrogen-bond donors (Lipinski definition) is 1. The van der Waals surface area contributed by atoms with Crippen molar-refractivity contribution < 1.29 is 28.7 Å². The summed E-state index contributed by atoms with van der Waals surface area (Å²) >= 11 is 0. The van der Waals surface area contributed by atoms with Gasteiger partial charge >= 0.3 is 5.69 Å². The van der Waals surface area contributed by atoms with Crippen LogP contribution in [-0.4, -0.2) is 45.3 Å². The molecule has 0 heterocycles. The molecule has 2 aromatic carbocycles. The van der Waals surface area contributed by atoms with Crippen molar-refractivity contribution >= 4 is 11.6 Å². The lowest BCUT2D eigenvalue weighted by Crippen LogP contribution is -2.29. The van der Waals surface area contributed by atoms with Crippen molar-refractivity contribution in [1.82, 2.24) is 5.32 Å². The maximum absolute atomic E-state index is 12.6. The summed E-state index contributed by atoms with van der Waals surface area (Å²) in [5, 5.41) is 14.2. The number of para-hydroxylation sites is 1. The van der Waals surface area contributed by atoms with Crippen molar-refractivity contribution in [3.05, 3.63) is 51.6 Å². The number of rotatable bonds is 9. The number of hydrogen-bond acceptors (Lipinski definition) is 7. The lowest BCUT2D eigenvalue weighted by molar-refractivity contribution is -0.386. The second kappa shape index (κ2) is 9.45. The fourth-order valence-corrected chi connectivity index (χ4v) is 2.63. The Labute approximate surface area is 162 Å². The van der Waals surface area contributed by atoms with Crippen molar-refractivity contribution in [3.8, 4) is 23.0 Å². The molecule has 0 aliphatic carbocycles. The van der Waals surface area contributed by atoms with Crippen LogP contribution in [0, 0.1) is 17.0 Å². The van der Waals surface area contributed by atoms with Crippen LogP contribution >= 0.6 is 0 Å². The van der Waals surface area contributed by atoms with E-state index in [1.165, 1.54) is 27.4 Å². The Morgan fingerprint density at radius 3 is 2.32 bits per heavy atom. The lowest BCUT2D eigenvalue weighted by Gasteiger charge is -2.15. The van der Waals surface area contributed by atoms with Crippen LogP contribution in [0.3, 0.4) is 0 Å². The smallest absolute Gasteiger partial charge is 0.327 e. The minimum atomic E-state index is -0.695. The Bertz CT molecular complexity index is 868. The van der Waals surface area contributed by atoms with E-state index in [0.717, 1.165) is 5.56 Å². The van der Waals surface area contributed by atoms with Gasteiger partial charge in [0, 0.05) is 6.07 Å². The number of nitro benzene ring substituents is 1. The van der Waals surface area contributed by atoms with E-state index in [4.69, 9.17) is 18.9 Å². The second-order valence-corrected chi connectivity index (χ2v) is 5.67. The maximum Gasteiger partial charge on any atom is 0.327 e. The molecule has 9 nitrogen and oxygen atoms in total. The molecule has 0 atom stereocenters. The number of carbonyl (C=O) groups excluding carboxylic acids is 1. The van der Waals surface area contributed by atoms with Gasteiger partial charge in [0.05, 0.1) is 32.8 Å². The van der Waals surface area contributed by atoms with Gasteiger partial charge in [-0.3, -0.25) is 14.9 Å². The van der Waals surface area contributed by atoms with Crippen molar-refractivity contribution in [2.24, 2.45) is 0 Å². The Morgan fingerprint density at radius 1 is 1.07 bits per heavy atom. The van der Waals surface area contributed by atoms with Gasteiger partial charge in [-0.25, -0.2) is 0 Å². The predicted molar refractivity (Wildman–Crippen MR) is 102 cm³/mol. The number of methoxy groups -OCH3 is 3. The highest BCUT2D eigenvalue weighted by Crippen LogP contribution is 2.46. The third-order valence-corrected chi connectivity index (χ3v) is 3.97. The van der Waals surface area contributed by atoms with Crippen molar-refractivity contribution in [3.63, 3.8) is 0 Å². The first-order valence-electron chi connectivity index (χ1n) is 8.38. The largest absolute Gasteiger partial charge is 0.493 e. The normalized spacial score (nSPS) is 10.1. The van der Waals surface area contributed by atoms with Crippen LogP contribution in [0.25, 0.3) is 0 Å². The van der Waals surface area contributed by atoms with Crippen LogP contribution in [-0.2, 0) is 0 Å². The molecule has 1 N–H and O–H groups in total. The van der Waals surface area contributed by atoms with Crippen LogP contribution in [0.5, 0.6) is 23.0 Å². The van der Waals surface area contributed by atoms with E-state index in [-0.39, 0.29) is 36.0 Å². The van der Waals surface area contributed by atoms with E-state index in [0.29, 0.717) is 5.75 Å². The Kier molecular flexibility index (Phi) is 7.02. The highest BCUT2D eigenvalue weighted by Gasteiger charge is 2.32. The summed E-state index contributed by atoms with van der Waals surface area (Å²) in [5.74, 6) is 0.0467. The van der Waals surface area contributed by atoms with Gasteiger partial charge < -0.3 is 24.3 Å². The topological polar surface area (TPSA) is 109 Å². The Morgan fingerprint density at radius 2 is 1.75 bits per heavy atom. The van der Waals surface area contributed by atoms with Crippen molar-refractivity contribution in [2.75, 3.05) is 34.5 Å². The summed E-state index contributed by atoms with van der Waals surface area (Å²) < 4.78 is 21.0. The maximum atomic E-state index is 12.6. The lowest BCUT2D eigenvalue weighted by atomic mass is 10.1. The first-order valence-corrected chi connectivity index (χ1v) is 8.38. The molecular weight excluding hydrogens is 368 g/mol. The monoisotopic (exact) mass is 390 g/mol. The number of aryl methyl sites for hydroxylation is 1. The summed E-state index contributed by atoms with van der Waals surface area (Å²) in [6.07, 6.45) is 0. The minimum Gasteiger partial charge on any atom is -0.493 e. The Balaban J connectivity index is 2.19. The first kappa shape index (κ1) is 20.8. The van der Waals surface area contributed by atoms with E-state index in [9.17, 15) is 14.9 Å². The zero-order valence-corrected chi connectivity index (χ0v) is 16.1. The van der Waals surface area contributed by atoms with E-state index in [1.54, 1.807) is 0 Å². The standard InChI is InChI=1S/C19H22N2O7/c1-12-7-5-6-8-14(12)28-10-9-20-19(22)13-11-15(25-2)17(26-3)18(27-4)16(13)21(23)24/h5-8,11H,9-10H2,1-4H3,(H,20,22). The summed E-state index contributed by atoms with van der Waals surface area (Å²) in [6, 6.07) is 8.72. The van der Waals surface area contributed by atoms with Gasteiger partial charge in [0.15, 0.2) is 5.75 Å². The molecule has 0 radical (unpaired) electrons. The number of nitrogens with one attached hydrogen (secondary N) is 1.